The van der Waals surface area contributed by atoms with Gasteiger partial charge in [-0.15, -0.1) is 0 Å². The molecule has 1 N–H and O–H groups in total. The predicted molar refractivity (Wildman–Crippen MR) is 71.9 cm³/mol. The van der Waals surface area contributed by atoms with E-state index in [1.807, 2.05) is 0 Å². The van der Waals surface area contributed by atoms with Crippen LogP contribution in [0.5, 0.6) is 0 Å². The molecule has 0 saturated carbocycles. The summed E-state index contributed by atoms with van der Waals surface area (Å²) in [7, 11) is 0. The molecule has 0 spiro atoms. The first-order chi connectivity index (χ1) is 8.77. The van der Waals surface area contributed by atoms with Crippen LogP contribution in [0.3, 0.4) is 0 Å². The molecule has 0 aromatic carbocycles. The number of ether oxygens (including phenoxy) is 2. The fourth-order valence-corrected chi connectivity index (χ4v) is 1.57. The summed E-state index contributed by atoms with van der Waals surface area (Å²) in [5.74, 6) is -0.755. The van der Waals surface area contributed by atoms with Crippen LogP contribution in [0.1, 0.15) is 58.3 Å². The van der Waals surface area contributed by atoms with Gasteiger partial charge in [0.1, 0.15) is 0 Å². The Morgan fingerprint density at radius 2 is 1.33 bits per heavy atom. The highest BCUT2D eigenvalue weighted by Gasteiger charge is 1.96. The first kappa shape index (κ1) is 17.4. The lowest BCUT2D eigenvalue weighted by atomic mass is 10.2. The maximum atomic E-state index is 10.2. The number of aliphatic carboxylic acids is 1. The summed E-state index contributed by atoms with van der Waals surface area (Å²) in [4.78, 5) is 10.2. The van der Waals surface area contributed by atoms with Crippen molar-refractivity contribution in [2.75, 3.05) is 26.4 Å². The summed E-state index contributed by atoms with van der Waals surface area (Å²) in [5.41, 5.74) is 0. The lowest BCUT2D eigenvalue weighted by molar-refractivity contribution is -0.137. The number of unbranched alkanes of at least 4 members (excludes halogenated alkanes) is 4. The fraction of sp³-hybridized carbons (Fsp3) is 0.929. The summed E-state index contributed by atoms with van der Waals surface area (Å²) in [6, 6.07) is 0. The quantitative estimate of drug-likeness (QED) is 0.487. The number of carbonyl (C=O) groups is 1. The van der Waals surface area contributed by atoms with E-state index in [-0.39, 0.29) is 6.42 Å². The molecule has 0 saturated heterocycles. The average Bonchev–Trinajstić information content (AvgIpc) is 2.34. The zero-order valence-corrected chi connectivity index (χ0v) is 11.7. The van der Waals surface area contributed by atoms with Gasteiger partial charge in [-0.2, -0.15) is 0 Å². The molecule has 0 radical (unpaired) electrons. The Kier molecular flexibility index (Phi) is 14.0. The highest BCUT2D eigenvalue weighted by Crippen LogP contribution is 2.00. The number of hydrogen-bond acceptors (Lipinski definition) is 3. The normalized spacial score (nSPS) is 10.7. The second-order valence-electron chi connectivity index (χ2n) is 4.49. The maximum Gasteiger partial charge on any atom is 0.303 e. The largest absolute Gasteiger partial charge is 0.481 e. The van der Waals surface area contributed by atoms with Crippen molar-refractivity contribution in [2.45, 2.75) is 58.3 Å². The first-order valence-corrected chi connectivity index (χ1v) is 7.14. The Bertz CT molecular complexity index is 183. The van der Waals surface area contributed by atoms with E-state index in [2.05, 4.69) is 6.92 Å². The second-order valence-corrected chi connectivity index (χ2v) is 4.49. The zero-order valence-electron chi connectivity index (χ0n) is 11.7. The molecule has 0 aliphatic carbocycles. The molecule has 0 atom stereocenters. The number of carboxylic acid groups (broad SMARTS) is 1. The Labute approximate surface area is 111 Å². The van der Waals surface area contributed by atoms with Crippen molar-refractivity contribution < 1.29 is 19.4 Å². The van der Waals surface area contributed by atoms with E-state index in [9.17, 15) is 4.79 Å². The molecule has 0 aromatic heterocycles. The summed E-state index contributed by atoms with van der Waals surface area (Å²) in [6.45, 7) is 5.14. The maximum absolute atomic E-state index is 10.2. The SMILES string of the molecule is CCCCCCOCCCCOCCCC(=O)O. The molecule has 0 amide bonds. The molecule has 0 rings (SSSR count). The molecule has 18 heavy (non-hydrogen) atoms. The van der Waals surface area contributed by atoms with E-state index in [1.54, 1.807) is 0 Å². The molecular formula is C14H28O4. The average molecular weight is 260 g/mol. The molecule has 4 nitrogen and oxygen atoms in total. The van der Waals surface area contributed by atoms with Crippen molar-refractivity contribution >= 4 is 5.97 Å². The van der Waals surface area contributed by atoms with Gasteiger partial charge in [-0.1, -0.05) is 26.2 Å². The van der Waals surface area contributed by atoms with Gasteiger partial charge in [0.25, 0.3) is 0 Å². The van der Waals surface area contributed by atoms with E-state index in [1.165, 1.54) is 25.7 Å². The smallest absolute Gasteiger partial charge is 0.303 e. The van der Waals surface area contributed by atoms with Crippen LogP contribution in [0.2, 0.25) is 0 Å². The molecule has 0 bridgehead atoms. The highest BCUT2D eigenvalue weighted by atomic mass is 16.5. The van der Waals surface area contributed by atoms with Gasteiger partial charge in [0.2, 0.25) is 0 Å². The second kappa shape index (κ2) is 14.5. The van der Waals surface area contributed by atoms with Gasteiger partial charge in [-0.25, -0.2) is 0 Å². The summed E-state index contributed by atoms with van der Waals surface area (Å²) < 4.78 is 10.8. The van der Waals surface area contributed by atoms with Crippen molar-refractivity contribution in [3.05, 3.63) is 0 Å². The lowest BCUT2D eigenvalue weighted by Crippen LogP contribution is -2.03. The molecule has 0 aliphatic heterocycles. The van der Waals surface area contributed by atoms with Gasteiger partial charge < -0.3 is 14.6 Å². The molecule has 108 valence electrons. The Balaban J connectivity index is 2.92. The van der Waals surface area contributed by atoms with Crippen molar-refractivity contribution in [2.24, 2.45) is 0 Å². The van der Waals surface area contributed by atoms with Crippen LogP contribution in [0.4, 0.5) is 0 Å². The molecule has 0 aliphatic rings. The van der Waals surface area contributed by atoms with Gasteiger partial charge in [-0.3, -0.25) is 4.79 Å². The third kappa shape index (κ3) is 15.4. The summed E-state index contributed by atoms with van der Waals surface area (Å²) in [5, 5.41) is 8.42. The van der Waals surface area contributed by atoms with E-state index in [0.29, 0.717) is 19.6 Å². The van der Waals surface area contributed by atoms with Gasteiger partial charge in [-0.05, 0) is 25.7 Å². The fourth-order valence-electron chi connectivity index (χ4n) is 1.57. The van der Waals surface area contributed by atoms with Crippen molar-refractivity contribution in [1.82, 2.24) is 0 Å². The number of carboxylic acids is 1. The zero-order chi connectivity index (χ0) is 13.5. The van der Waals surface area contributed by atoms with Crippen LogP contribution in [0, 0.1) is 0 Å². The van der Waals surface area contributed by atoms with Gasteiger partial charge in [0, 0.05) is 32.8 Å². The molecule has 0 fully saturated rings. The van der Waals surface area contributed by atoms with Crippen LogP contribution in [0.15, 0.2) is 0 Å². The number of hydrogen-bond donors (Lipinski definition) is 1. The van der Waals surface area contributed by atoms with Crippen LogP contribution in [0.25, 0.3) is 0 Å². The third-order valence-electron chi connectivity index (χ3n) is 2.65. The first-order valence-electron chi connectivity index (χ1n) is 7.14. The van der Waals surface area contributed by atoms with E-state index >= 15 is 0 Å². The van der Waals surface area contributed by atoms with Crippen molar-refractivity contribution in [3.8, 4) is 0 Å². The Morgan fingerprint density at radius 3 is 1.83 bits per heavy atom. The molecule has 0 aromatic rings. The Morgan fingerprint density at radius 1 is 0.833 bits per heavy atom. The highest BCUT2D eigenvalue weighted by molar-refractivity contribution is 5.66. The van der Waals surface area contributed by atoms with Gasteiger partial charge in [0.15, 0.2) is 0 Å². The minimum atomic E-state index is -0.755. The Hall–Kier alpha value is -0.610. The van der Waals surface area contributed by atoms with Crippen molar-refractivity contribution in [1.29, 1.82) is 0 Å². The lowest BCUT2D eigenvalue weighted by Gasteiger charge is -2.05. The van der Waals surface area contributed by atoms with Gasteiger partial charge >= 0.3 is 5.97 Å². The standard InChI is InChI=1S/C14H28O4/c1-2-3-4-5-10-17-11-6-7-12-18-13-8-9-14(15)16/h2-13H2,1H3,(H,15,16). The molecule has 4 heteroatoms. The van der Waals surface area contributed by atoms with Crippen LogP contribution >= 0.6 is 0 Å². The van der Waals surface area contributed by atoms with Crippen LogP contribution < -0.4 is 0 Å². The molecular weight excluding hydrogens is 232 g/mol. The van der Waals surface area contributed by atoms with Crippen LogP contribution in [-0.4, -0.2) is 37.5 Å². The summed E-state index contributed by atoms with van der Waals surface area (Å²) in [6.07, 6.45) is 7.80. The van der Waals surface area contributed by atoms with Gasteiger partial charge in [0.05, 0.1) is 0 Å². The van der Waals surface area contributed by atoms with Crippen molar-refractivity contribution in [3.63, 3.8) is 0 Å². The monoisotopic (exact) mass is 260 g/mol. The van der Waals surface area contributed by atoms with E-state index in [0.717, 1.165) is 26.1 Å². The van der Waals surface area contributed by atoms with E-state index in [4.69, 9.17) is 14.6 Å². The number of rotatable bonds is 14. The molecule has 0 unspecified atom stereocenters. The minimum absolute atomic E-state index is 0.195. The minimum Gasteiger partial charge on any atom is -0.481 e. The van der Waals surface area contributed by atoms with Crippen LogP contribution in [-0.2, 0) is 14.3 Å². The third-order valence-corrected chi connectivity index (χ3v) is 2.65. The van der Waals surface area contributed by atoms with E-state index < -0.39 is 5.97 Å². The molecule has 0 heterocycles. The predicted octanol–water partition coefficient (Wildman–Crippen LogP) is 3.24. The summed E-state index contributed by atoms with van der Waals surface area (Å²) >= 11 is 0. The topological polar surface area (TPSA) is 55.8 Å².